The van der Waals surface area contributed by atoms with E-state index in [-0.39, 0.29) is 11.9 Å². The Balaban J connectivity index is 1.42. The lowest BCUT2D eigenvalue weighted by molar-refractivity contribution is -0.122. The summed E-state index contributed by atoms with van der Waals surface area (Å²) in [5.74, 6) is 1.31. The third kappa shape index (κ3) is 5.33. The first-order valence-corrected chi connectivity index (χ1v) is 8.98. The van der Waals surface area contributed by atoms with Gasteiger partial charge in [-0.2, -0.15) is 0 Å². The molecular weight excluding hydrogens is 312 g/mol. The molecule has 1 aliphatic rings. The molecule has 0 spiro atoms. The molecule has 0 aliphatic heterocycles. The fraction of sp³-hybridized carbons (Fsp3) is 0.381. The van der Waals surface area contributed by atoms with Crippen LogP contribution in [0.2, 0.25) is 0 Å². The van der Waals surface area contributed by atoms with Crippen LogP contribution < -0.4 is 15.8 Å². The zero-order valence-corrected chi connectivity index (χ0v) is 14.5. The molecule has 1 aliphatic carbocycles. The lowest BCUT2D eigenvalue weighted by Crippen LogP contribution is -2.31. The largest absolute Gasteiger partial charge is 0.489 e. The maximum absolute atomic E-state index is 12.1. The number of carbonyl (C=O) groups excluding carboxylic acids is 1. The van der Waals surface area contributed by atoms with Crippen LogP contribution in [0.15, 0.2) is 54.6 Å². The molecule has 4 nitrogen and oxygen atoms in total. The van der Waals surface area contributed by atoms with Gasteiger partial charge in [0.15, 0.2) is 0 Å². The van der Waals surface area contributed by atoms with Gasteiger partial charge in [-0.25, -0.2) is 0 Å². The summed E-state index contributed by atoms with van der Waals surface area (Å²) in [6.07, 6.45) is 3.81. The van der Waals surface area contributed by atoms with Gasteiger partial charge in [0.25, 0.3) is 0 Å². The van der Waals surface area contributed by atoms with E-state index in [0.29, 0.717) is 25.5 Å². The minimum atomic E-state index is 0.0961. The van der Waals surface area contributed by atoms with Crippen molar-refractivity contribution < 1.29 is 9.53 Å². The lowest BCUT2D eigenvalue weighted by Gasteiger charge is -2.14. The van der Waals surface area contributed by atoms with Gasteiger partial charge in [0.1, 0.15) is 12.4 Å². The molecular formula is C21H26N2O2. The van der Waals surface area contributed by atoms with Crippen molar-refractivity contribution >= 4 is 5.91 Å². The molecule has 0 saturated heterocycles. The second-order valence-corrected chi connectivity index (χ2v) is 6.75. The van der Waals surface area contributed by atoms with Crippen molar-refractivity contribution in [2.75, 3.05) is 0 Å². The molecule has 2 atom stereocenters. The summed E-state index contributed by atoms with van der Waals surface area (Å²) in [5, 5.41) is 3.00. The Morgan fingerprint density at radius 3 is 2.44 bits per heavy atom. The Morgan fingerprint density at radius 2 is 1.76 bits per heavy atom. The Kier molecular flexibility index (Phi) is 6.07. The van der Waals surface area contributed by atoms with Crippen LogP contribution in [0.25, 0.3) is 0 Å². The maximum atomic E-state index is 12.1. The van der Waals surface area contributed by atoms with Gasteiger partial charge in [0.2, 0.25) is 5.91 Å². The van der Waals surface area contributed by atoms with Crippen molar-refractivity contribution in [3.8, 4) is 5.75 Å². The van der Waals surface area contributed by atoms with E-state index >= 15 is 0 Å². The number of para-hydroxylation sites is 1. The van der Waals surface area contributed by atoms with Gasteiger partial charge in [-0.3, -0.25) is 4.79 Å². The summed E-state index contributed by atoms with van der Waals surface area (Å²) in [4.78, 5) is 12.1. The summed E-state index contributed by atoms with van der Waals surface area (Å²) in [7, 11) is 0. The van der Waals surface area contributed by atoms with E-state index in [1.54, 1.807) is 0 Å². The van der Waals surface area contributed by atoms with Crippen molar-refractivity contribution in [2.45, 2.75) is 44.9 Å². The van der Waals surface area contributed by atoms with Crippen LogP contribution in [0.5, 0.6) is 5.75 Å². The number of benzene rings is 2. The standard InChI is InChI=1S/C21H26N2O2/c22-20-8-4-5-18(20)13-21(24)23-14-16-9-11-17(12-10-16)15-25-19-6-2-1-3-7-19/h1-3,6-7,9-12,18,20H,4-5,8,13-15,22H2,(H,23,24)/t18-,20+/m0/s1. The molecule has 1 amide bonds. The summed E-state index contributed by atoms with van der Waals surface area (Å²) < 4.78 is 5.73. The molecule has 0 heterocycles. The molecule has 25 heavy (non-hydrogen) atoms. The van der Waals surface area contributed by atoms with Gasteiger partial charge in [0, 0.05) is 19.0 Å². The van der Waals surface area contributed by atoms with Crippen molar-refractivity contribution in [2.24, 2.45) is 11.7 Å². The highest BCUT2D eigenvalue weighted by Gasteiger charge is 2.25. The Bertz CT molecular complexity index is 670. The number of carbonyl (C=O) groups is 1. The molecule has 2 aromatic carbocycles. The van der Waals surface area contributed by atoms with Gasteiger partial charge in [-0.05, 0) is 42.0 Å². The number of nitrogens with one attached hydrogen (secondary N) is 1. The van der Waals surface area contributed by atoms with Gasteiger partial charge in [-0.1, -0.05) is 48.9 Å². The van der Waals surface area contributed by atoms with E-state index < -0.39 is 0 Å². The SMILES string of the molecule is N[C@@H]1CCC[C@H]1CC(=O)NCc1ccc(COc2ccccc2)cc1. The highest BCUT2D eigenvalue weighted by Crippen LogP contribution is 2.26. The van der Waals surface area contributed by atoms with Gasteiger partial charge >= 0.3 is 0 Å². The Hall–Kier alpha value is -2.33. The summed E-state index contributed by atoms with van der Waals surface area (Å²) in [6.45, 7) is 1.09. The lowest BCUT2D eigenvalue weighted by atomic mass is 10.00. The zero-order chi connectivity index (χ0) is 17.5. The second-order valence-electron chi connectivity index (χ2n) is 6.75. The number of amides is 1. The highest BCUT2D eigenvalue weighted by molar-refractivity contribution is 5.76. The summed E-state index contributed by atoms with van der Waals surface area (Å²) in [6, 6.07) is 18.1. The van der Waals surface area contributed by atoms with E-state index in [9.17, 15) is 4.79 Å². The summed E-state index contributed by atoms with van der Waals surface area (Å²) in [5.41, 5.74) is 8.23. The van der Waals surface area contributed by atoms with Crippen LogP contribution >= 0.6 is 0 Å². The quantitative estimate of drug-likeness (QED) is 0.813. The van der Waals surface area contributed by atoms with Gasteiger partial charge in [0.05, 0.1) is 0 Å². The van der Waals surface area contributed by atoms with E-state index in [1.807, 2.05) is 54.6 Å². The molecule has 4 heteroatoms. The van der Waals surface area contributed by atoms with Gasteiger partial charge in [-0.15, -0.1) is 0 Å². The van der Waals surface area contributed by atoms with Crippen LogP contribution in [0.4, 0.5) is 0 Å². The average Bonchev–Trinajstić information content (AvgIpc) is 3.04. The molecule has 0 radical (unpaired) electrons. The predicted molar refractivity (Wildman–Crippen MR) is 99.0 cm³/mol. The third-order valence-electron chi connectivity index (χ3n) is 4.83. The topological polar surface area (TPSA) is 64.4 Å². The summed E-state index contributed by atoms with van der Waals surface area (Å²) >= 11 is 0. The molecule has 1 fully saturated rings. The molecule has 1 saturated carbocycles. The predicted octanol–water partition coefficient (Wildman–Crippen LogP) is 3.40. The van der Waals surface area contributed by atoms with Crippen LogP contribution in [0.1, 0.15) is 36.8 Å². The Morgan fingerprint density at radius 1 is 1.04 bits per heavy atom. The maximum Gasteiger partial charge on any atom is 0.220 e. The second kappa shape index (κ2) is 8.67. The number of nitrogens with two attached hydrogens (primary N) is 1. The van der Waals surface area contributed by atoms with E-state index in [1.165, 1.54) is 0 Å². The number of hydrogen-bond acceptors (Lipinski definition) is 3. The van der Waals surface area contributed by atoms with Crippen LogP contribution in [0.3, 0.4) is 0 Å². The molecule has 132 valence electrons. The first-order valence-electron chi connectivity index (χ1n) is 8.98. The first kappa shape index (κ1) is 17.5. The van der Waals surface area contributed by atoms with E-state index in [0.717, 1.165) is 36.1 Å². The monoisotopic (exact) mass is 338 g/mol. The molecule has 0 unspecified atom stereocenters. The normalized spacial score (nSPS) is 19.6. The fourth-order valence-electron chi connectivity index (χ4n) is 3.27. The highest BCUT2D eigenvalue weighted by atomic mass is 16.5. The number of hydrogen-bond donors (Lipinski definition) is 2. The average molecular weight is 338 g/mol. The number of ether oxygens (including phenoxy) is 1. The molecule has 3 N–H and O–H groups in total. The fourth-order valence-corrected chi connectivity index (χ4v) is 3.27. The van der Waals surface area contributed by atoms with Crippen LogP contribution in [-0.4, -0.2) is 11.9 Å². The first-order chi connectivity index (χ1) is 12.2. The molecule has 0 aromatic heterocycles. The molecule has 2 aromatic rings. The number of rotatable bonds is 7. The van der Waals surface area contributed by atoms with E-state index in [4.69, 9.17) is 10.5 Å². The molecule has 3 rings (SSSR count). The zero-order valence-electron chi connectivity index (χ0n) is 14.5. The van der Waals surface area contributed by atoms with Crippen molar-refractivity contribution in [3.05, 3.63) is 65.7 Å². The van der Waals surface area contributed by atoms with Crippen molar-refractivity contribution in [3.63, 3.8) is 0 Å². The van der Waals surface area contributed by atoms with Crippen molar-refractivity contribution in [1.29, 1.82) is 0 Å². The Labute approximate surface area is 149 Å². The minimum Gasteiger partial charge on any atom is -0.489 e. The smallest absolute Gasteiger partial charge is 0.220 e. The van der Waals surface area contributed by atoms with E-state index in [2.05, 4.69) is 5.32 Å². The van der Waals surface area contributed by atoms with Gasteiger partial charge < -0.3 is 15.8 Å². The van der Waals surface area contributed by atoms with Crippen LogP contribution in [0, 0.1) is 5.92 Å². The van der Waals surface area contributed by atoms with Crippen molar-refractivity contribution in [1.82, 2.24) is 5.32 Å². The molecule has 0 bridgehead atoms. The van der Waals surface area contributed by atoms with Crippen LogP contribution in [-0.2, 0) is 17.9 Å². The minimum absolute atomic E-state index is 0.0961. The third-order valence-corrected chi connectivity index (χ3v) is 4.83.